The molecule has 2 heteroatoms. The first-order chi connectivity index (χ1) is 6.79. The lowest BCUT2D eigenvalue weighted by atomic mass is 9.94. The maximum absolute atomic E-state index is 5.13. The second-order valence-corrected chi connectivity index (χ2v) is 3.87. The van der Waals surface area contributed by atoms with Crippen molar-refractivity contribution in [2.45, 2.75) is 39.7 Å². The molecule has 14 heavy (non-hydrogen) atoms. The van der Waals surface area contributed by atoms with Gasteiger partial charge < -0.3 is 9.73 Å². The van der Waals surface area contributed by atoms with Crippen molar-refractivity contribution in [1.29, 1.82) is 0 Å². The van der Waals surface area contributed by atoms with E-state index in [-0.39, 0.29) is 0 Å². The zero-order valence-electron chi connectivity index (χ0n) is 9.42. The minimum absolute atomic E-state index is 0.443. The zero-order valence-corrected chi connectivity index (χ0v) is 9.42. The van der Waals surface area contributed by atoms with Crippen LogP contribution in [-0.4, -0.2) is 6.54 Å². The number of furan rings is 1. The highest BCUT2D eigenvalue weighted by Gasteiger charge is 2.17. The van der Waals surface area contributed by atoms with Gasteiger partial charge in [-0.3, -0.25) is 0 Å². The zero-order chi connectivity index (χ0) is 10.4. The van der Waals surface area contributed by atoms with Gasteiger partial charge in [0.2, 0.25) is 0 Å². The molecule has 0 aliphatic heterocycles. The quantitative estimate of drug-likeness (QED) is 0.753. The van der Waals surface area contributed by atoms with Gasteiger partial charge in [0.1, 0.15) is 0 Å². The maximum Gasteiger partial charge on any atom is 0.0950 e. The summed E-state index contributed by atoms with van der Waals surface area (Å²) in [6.45, 7) is 7.77. The van der Waals surface area contributed by atoms with Crippen molar-refractivity contribution in [3.63, 3.8) is 0 Å². The van der Waals surface area contributed by atoms with Crippen LogP contribution in [0.15, 0.2) is 23.0 Å². The molecule has 0 saturated heterocycles. The van der Waals surface area contributed by atoms with Gasteiger partial charge in [-0.05, 0) is 24.9 Å². The predicted octanol–water partition coefficient (Wildman–Crippen LogP) is 3.37. The van der Waals surface area contributed by atoms with Crippen molar-refractivity contribution in [2.24, 2.45) is 5.92 Å². The lowest BCUT2D eigenvalue weighted by Crippen LogP contribution is -2.27. The Morgan fingerprint density at radius 3 is 2.71 bits per heavy atom. The van der Waals surface area contributed by atoms with Crippen LogP contribution >= 0.6 is 0 Å². The SMILES string of the molecule is CCCNC(c1ccoc1)C(C)CC. The smallest absolute Gasteiger partial charge is 0.0950 e. The molecule has 0 bridgehead atoms. The molecule has 1 N–H and O–H groups in total. The Morgan fingerprint density at radius 2 is 2.21 bits per heavy atom. The molecule has 0 radical (unpaired) electrons. The fourth-order valence-electron chi connectivity index (χ4n) is 1.64. The van der Waals surface area contributed by atoms with Gasteiger partial charge in [-0.2, -0.15) is 0 Å². The van der Waals surface area contributed by atoms with Gasteiger partial charge in [0.15, 0.2) is 0 Å². The molecular weight excluding hydrogens is 174 g/mol. The lowest BCUT2D eigenvalue weighted by Gasteiger charge is -2.23. The summed E-state index contributed by atoms with van der Waals surface area (Å²) >= 11 is 0. The second kappa shape index (κ2) is 5.86. The van der Waals surface area contributed by atoms with Crippen LogP contribution in [0, 0.1) is 5.92 Å². The van der Waals surface area contributed by atoms with Crippen LogP contribution in [0.3, 0.4) is 0 Å². The van der Waals surface area contributed by atoms with Crippen molar-refractivity contribution >= 4 is 0 Å². The van der Waals surface area contributed by atoms with Crippen LogP contribution in [0.4, 0.5) is 0 Å². The minimum Gasteiger partial charge on any atom is -0.472 e. The van der Waals surface area contributed by atoms with Gasteiger partial charge in [0.25, 0.3) is 0 Å². The summed E-state index contributed by atoms with van der Waals surface area (Å²) in [7, 11) is 0. The molecule has 0 aliphatic rings. The average molecular weight is 195 g/mol. The molecule has 2 unspecified atom stereocenters. The maximum atomic E-state index is 5.13. The topological polar surface area (TPSA) is 25.2 Å². The van der Waals surface area contributed by atoms with Crippen LogP contribution in [0.1, 0.15) is 45.2 Å². The van der Waals surface area contributed by atoms with E-state index in [1.54, 1.807) is 6.26 Å². The van der Waals surface area contributed by atoms with Gasteiger partial charge in [0, 0.05) is 11.6 Å². The highest BCUT2D eigenvalue weighted by Crippen LogP contribution is 2.24. The molecule has 0 amide bonds. The Bertz CT molecular complexity index is 230. The molecule has 1 aromatic rings. The third-order valence-electron chi connectivity index (χ3n) is 2.73. The minimum atomic E-state index is 0.443. The van der Waals surface area contributed by atoms with E-state index in [4.69, 9.17) is 4.42 Å². The molecule has 0 aliphatic carbocycles. The Morgan fingerprint density at radius 1 is 1.43 bits per heavy atom. The summed E-state index contributed by atoms with van der Waals surface area (Å²) in [4.78, 5) is 0. The third-order valence-corrected chi connectivity index (χ3v) is 2.73. The van der Waals surface area contributed by atoms with E-state index < -0.39 is 0 Å². The largest absolute Gasteiger partial charge is 0.472 e. The van der Waals surface area contributed by atoms with Gasteiger partial charge >= 0.3 is 0 Å². The third kappa shape index (κ3) is 2.88. The van der Waals surface area contributed by atoms with Gasteiger partial charge in [0.05, 0.1) is 12.5 Å². The fraction of sp³-hybridized carbons (Fsp3) is 0.667. The monoisotopic (exact) mass is 195 g/mol. The van der Waals surface area contributed by atoms with Crippen molar-refractivity contribution < 1.29 is 4.42 Å². The molecule has 80 valence electrons. The van der Waals surface area contributed by atoms with Crippen LogP contribution in [0.25, 0.3) is 0 Å². The molecule has 0 fully saturated rings. The first-order valence-electron chi connectivity index (χ1n) is 5.55. The molecular formula is C12H21NO. The molecule has 0 saturated carbocycles. The Hall–Kier alpha value is -0.760. The average Bonchev–Trinajstić information content (AvgIpc) is 2.71. The summed E-state index contributed by atoms with van der Waals surface area (Å²) in [6, 6.07) is 2.50. The normalized spacial score (nSPS) is 15.4. The van der Waals surface area contributed by atoms with Crippen molar-refractivity contribution in [2.75, 3.05) is 6.54 Å². The molecule has 1 rings (SSSR count). The predicted molar refractivity (Wildman–Crippen MR) is 59.2 cm³/mol. The molecule has 1 heterocycles. The highest BCUT2D eigenvalue weighted by molar-refractivity contribution is 5.12. The fourth-order valence-corrected chi connectivity index (χ4v) is 1.64. The number of hydrogen-bond acceptors (Lipinski definition) is 2. The van der Waals surface area contributed by atoms with Crippen LogP contribution in [0.5, 0.6) is 0 Å². The van der Waals surface area contributed by atoms with Crippen LogP contribution in [-0.2, 0) is 0 Å². The molecule has 1 aromatic heterocycles. The number of rotatable bonds is 6. The second-order valence-electron chi connectivity index (χ2n) is 3.87. The van der Waals surface area contributed by atoms with E-state index in [0.717, 1.165) is 6.54 Å². The van der Waals surface area contributed by atoms with E-state index in [2.05, 4.69) is 32.2 Å². The molecule has 2 atom stereocenters. The molecule has 2 nitrogen and oxygen atoms in total. The van der Waals surface area contributed by atoms with E-state index in [1.807, 2.05) is 6.26 Å². The first kappa shape index (κ1) is 11.3. The Balaban J connectivity index is 2.62. The van der Waals surface area contributed by atoms with Crippen LogP contribution < -0.4 is 5.32 Å². The van der Waals surface area contributed by atoms with Crippen LogP contribution in [0.2, 0.25) is 0 Å². The standard InChI is InChI=1S/C12H21NO/c1-4-7-13-12(10(3)5-2)11-6-8-14-9-11/h6,8-10,12-13H,4-5,7H2,1-3H3. The summed E-state index contributed by atoms with van der Waals surface area (Å²) in [5.74, 6) is 0.652. The summed E-state index contributed by atoms with van der Waals surface area (Å²) in [6.07, 6.45) is 5.95. The van der Waals surface area contributed by atoms with Crippen molar-refractivity contribution in [3.05, 3.63) is 24.2 Å². The summed E-state index contributed by atoms with van der Waals surface area (Å²) in [5.41, 5.74) is 1.27. The first-order valence-corrected chi connectivity index (χ1v) is 5.55. The molecule has 0 spiro atoms. The van der Waals surface area contributed by atoms with Gasteiger partial charge in [-0.15, -0.1) is 0 Å². The Kier molecular flexibility index (Phi) is 4.74. The van der Waals surface area contributed by atoms with Crippen molar-refractivity contribution in [1.82, 2.24) is 5.32 Å². The van der Waals surface area contributed by atoms with Gasteiger partial charge in [-0.25, -0.2) is 0 Å². The molecule has 0 aromatic carbocycles. The summed E-state index contributed by atoms with van der Waals surface area (Å²) < 4.78 is 5.13. The Labute approximate surface area is 86.7 Å². The highest BCUT2D eigenvalue weighted by atomic mass is 16.3. The van der Waals surface area contributed by atoms with E-state index in [1.165, 1.54) is 18.4 Å². The van der Waals surface area contributed by atoms with E-state index in [0.29, 0.717) is 12.0 Å². The van der Waals surface area contributed by atoms with Crippen molar-refractivity contribution in [3.8, 4) is 0 Å². The lowest BCUT2D eigenvalue weighted by molar-refractivity contribution is 0.374. The summed E-state index contributed by atoms with van der Waals surface area (Å²) in [5, 5.41) is 3.56. The van der Waals surface area contributed by atoms with Gasteiger partial charge in [-0.1, -0.05) is 27.2 Å². The number of nitrogens with one attached hydrogen (secondary N) is 1. The van der Waals surface area contributed by atoms with E-state index in [9.17, 15) is 0 Å². The van der Waals surface area contributed by atoms with E-state index >= 15 is 0 Å². The number of hydrogen-bond donors (Lipinski definition) is 1.